The Hall–Kier alpha value is -2.32. The van der Waals surface area contributed by atoms with E-state index in [2.05, 4.69) is 34.8 Å². The van der Waals surface area contributed by atoms with Gasteiger partial charge in [0.2, 0.25) is 5.91 Å². The Morgan fingerprint density at radius 3 is 2.78 bits per heavy atom. The summed E-state index contributed by atoms with van der Waals surface area (Å²) in [5.74, 6) is -0.119. The van der Waals surface area contributed by atoms with Gasteiger partial charge in [0, 0.05) is 12.1 Å². The predicted octanol–water partition coefficient (Wildman–Crippen LogP) is 4.51. The molecule has 32 heavy (non-hydrogen) atoms. The van der Waals surface area contributed by atoms with E-state index in [0.29, 0.717) is 48.5 Å². The Labute approximate surface area is 188 Å². The number of amides is 1. The summed E-state index contributed by atoms with van der Waals surface area (Å²) >= 11 is 0. The molecule has 8 heteroatoms. The summed E-state index contributed by atoms with van der Waals surface area (Å²) in [4.78, 5) is 17.1. The van der Waals surface area contributed by atoms with Crippen LogP contribution < -0.4 is 16.0 Å². The number of oxazole rings is 1. The molecule has 1 aliphatic carbocycles. The largest absolute Gasteiger partial charge is 0.427 e. The van der Waals surface area contributed by atoms with Crippen LogP contribution >= 0.6 is 0 Å². The number of hydrogen-bond acceptors (Lipinski definition) is 5. The third kappa shape index (κ3) is 6.36. The minimum absolute atomic E-state index is 0.0119. The van der Waals surface area contributed by atoms with Crippen molar-refractivity contribution in [3.63, 3.8) is 0 Å². The first-order chi connectivity index (χ1) is 15.3. The number of nitrogens with one attached hydrogen (secondary N) is 3. The first-order valence-electron chi connectivity index (χ1n) is 11.5. The van der Waals surface area contributed by atoms with Crippen molar-refractivity contribution in [1.29, 1.82) is 0 Å². The van der Waals surface area contributed by atoms with Crippen molar-refractivity contribution >= 4 is 11.9 Å². The van der Waals surface area contributed by atoms with Crippen molar-refractivity contribution < 1.29 is 18.0 Å². The van der Waals surface area contributed by atoms with Crippen LogP contribution in [0, 0.1) is 17.6 Å². The van der Waals surface area contributed by atoms with Gasteiger partial charge in [0.15, 0.2) is 0 Å². The van der Waals surface area contributed by atoms with Crippen molar-refractivity contribution in [2.24, 2.45) is 5.92 Å². The van der Waals surface area contributed by atoms with Crippen LogP contribution in [0.4, 0.5) is 14.8 Å². The van der Waals surface area contributed by atoms with Gasteiger partial charge >= 0.3 is 6.01 Å². The van der Waals surface area contributed by atoms with E-state index in [9.17, 15) is 13.6 Å². The molecule has 176 valence electrons. The summed E-state index contributed by atoms with van der Waals surface area (Å²) in [7, 11) is 0. The molecule has 2 aromatic rings. The Bertz CT molecular complexity index is 915. The van der Waals surface area contributed by atoms with Gasteiger partial charge in [0.05, 0.1) is 18.3 Å². The highest BCUT2D eigenvalue weighted by atomic mass is 19.1. The molecule has 3 N–H and O–H groups in total. The average Bonchev–Trinajstić information content (AvgIpc) is 3.20. The number of halogens is 2. The van der Waals surface area contributed by atoms with E-state index in [1.54, 1.807) is 6.20 Å². The van der Waals surface area contributed by atoms with Gasteiger partial charge in [0.25, 0.3) is 0 Å². The van der Waals surface area contributed by atoms with Crippen LogP contribution in [0.1, 0.15) is 69.9 Å². The van der Waals surface area contributed by atoms with Gasteiger partial charge in [-0.2, -0.15) is 0 Å². The highest BCUT2D eigenvalue weighted by Gasteiger charge is 2.27. The second-order valence-electron chi connectivity index (χ2n) is 9.05. The fourth-order valence-corrected chi connectivity index (χ4v) is 4.04. The second-order valence-corrected chi connectivity index (χ2v) is 9.05. The van der Waals surface area contributed by atoms with E-state index in [1.807, 2.05) is 13.8 Å². The van der Waals surface area contributed by atoms with Crippen LogP contribution in [0.2, 0.25) is 0 Å². The molecule has 0 fully saturated rings. The number of fused-ring (bicyclic) bond motifs is 1. The summed E-state index contributed by atoms with van der Waals surface area (Å²) in [6, 6.07) is 1.97. The van der Waals surface area contributed by atoms with E-state index < -0.39 is 17.7 Å². The van der Waals surface area contributed by atoms with Gasteiger partial charge in [-0.3, -0.25) is 10.1 Å². The summed E-state index contributed by atoms with van der Waals surface area (Å²) in [5.41, 5.74) is 1.25. The molecule has 1 aromatic heterocycles. The molecule has 3 atom stereocenters. The first-order valence-corrected chi connectivity index (χ1v) is 11.5. The normalized spacial score (nSPS) is 17.8. The third-order valence-corrected chi connectivity index (χ3v) is 5.81. The number of nitrogens with zero attached hydrogens (tertiary/aromatic N) is 1. The maximum absolute atomic E-state index is 14.2. The lowest BCUT2D eigenvalue weighted by Gasteiger charge is -2.29. The topological polar surface area (TPSA) is 79.2 Å². The Morgan fingerprint density at radius 2 is 2.06 bits per heavy atom. The SMILES string of the molecule is CCC[C@H](NC1CCc2cc(F)cc(F)c2C1)C(=O)Nc1ncc(C(C)NCC(C)C)o1. The summed E-state index contributed by atoms with van der Waals surface area (Å²) in [6.45, 7) is 9.10. The molecule has 0 aliphatic heterocycles. The van der Waals surface area contributed by atoms with Crippen molar-refractivity contribution in [2.75, 3.05) is 11.9 Å². The molecule has 6 nitrogen and oxygen atoms in total. The summed E-state index contributed by atoms with van der Waals surface area (Å²) in [5, 5.41) is 9.50. The van der Waals surface area contributed by atoms with Gasteiger partial charge in [-0.05, 0) is 62.3 Å². The summed E-state index contributed by atoms with van der Waals surface area (Å²) in [6.07, 6.45) is 4.77. The minimum atomic E-state index is -0.546. The molecule has 0 saturated carbocycles. The van der Waals surface area contributed by atoms with Crippen LogP contribution in [0.5, 0.6) is 0 Å². The smallest absolute Gasteiger partial charge is 0.301 e. The molecule has 1 aromatic carbocycles. The lowest BCUT2D eigenvalue weighted by atomic mass is 9.87. The highest BCUT2D eigenvalue weighted by Crippen LogP contribution is 2.26. The molecule has 0 saturated heterocycles. The monoisotopic (exact) mass is 448 g/mol. The zero-order valence-electron chi connectivity index (χ0n) is 19.3. The minimum Gasteiger partial charge on any atom is -0.427 e. The molecule has 2 unspecified atom stereocenters. The predicted molar refractivity (Wildman–Crippen MR) is 120 cm³/mol. The van der Waals surface area contributed by atoms with E-state index >= 15 is 0 Å². The number of benzene rings is 1. The lowest BCUT2D eigenvalue weighted by molar-refractivity contribution is -0.118. The van der Waals surface area contributed by atoms with Crippen LogP contribution in [-0.4, -0.2) is 29.5 Å². The number of anilines is 1. The number of carbonyl (C=O) groups is 1. The number of hydrogen-bond donors (Lipinski definition) is 3. The zero-order chi connectivity index (χ0) is 23.3. The Morgan fingerprint density at radius 1 is 1.28 bits per heavy atom. The maximum atomic E-state index is 14.2. The van der Waals surface area contributed by atoms with Crippen LogP contribution in [-0.2, 0) is 17.6 Å². The van der Waals surface area contributed by atoms with E-state index in [1.165, 1.54) is 6.07 Å². The molecule has 0 spiro atoms. The Kier molecular flexibility index (Phi) is 8.37. The van der Waals surface area contributed by atoms with Gasteiger partial charge in [-0.25, -0.2) is 13.8 Å². The molecule has 1 amide bonds. The Balaban J connectivity index is 1.60. The van der Waals surface area contributed by atoms with Crippen LogP contribution in [0.25, 0.3) is 0 Å². The molecule has 0 bridgehead atoms. The van der Waals surface area contributed by atoms with Gasteiger partial charge in [0.1, 0.15) is 17.4 Å². The van der Waals surface area contributed by atoms with Gasteiger partial charge < -0.3 is 15.1 Å². The number of aryl methyl sites for hydroxylation is 1. The zero-order valence-corrected chi connectivity index (χ0v) is 19.3. The molecule has 3 rings (SSSR count). The van der Waals surface area contributed by atoms with Crippen LogP contribution in [0.3, 0.4) is 0 Å². The number of aromatic nitrogens is 1. The first kappa shape index (κ1) is 24.3. The third-order valence-electron chi connectivity index (χ3n) is 5.81. The van der Waals surface area contributed by atoms with Crippen molar-refractivity contribution in [3.05, 3.63) is 46.9 Å². The maximum Gasteiger partial charge on any atom is 0.301 e. The molecule has 1 aliphatic rings. The molecular weight excluding hydrogens is 414 g/mol. The van der Waals surface area contributed by atoms with E-state index in [0.717, 1.165) is 19.0 Å². The van der Waals surface area contributed by atoms with Crippen molar-refractivity contribution in [1.82, 2.24) is 15.6 Å². The van der Waals surface area contributed by atoms with Gasteiger partial charge in [-0.1, -0.05) is 27.2 Å². The fourth-order valence-electron chi connectivity index (χ4n) is 4.04. The van der Waals surface area contributed by atoms with E-state index in [4.69, 9.17) is 4.42 Å². The average molecular weight is 449 g/mol. The molecule has 1 heterocycles. The number of carbonyl (C=O) groups excluding carboxylic acids is 1. The fraction of sp³-hybridized carbons (Fsp3) is 0.583. The highest BCUT2D eigenvalue weighted by molar-refractivity contribution is 5.93. The molecule has 0 radical (unpaired) electrons. The lowest BCUT2D eigenvalue weighted by Crippen LogP contribution is -2.48. The van der Waals surface area contributed by atoms with Crippen molar-refractivity contribution in [3.8, 4) is 0 Å². The van der Waals surface area contributed by atoms with Gasteiger partial charge in [-0.15, -0.1) is 0 Å². The number of rotatable bonds is 10. The quantitative estimate of drug-likeness (QED) is 0.498. The van der Waals surface area contributed by atoms with Crippen molar-refractivity contribution in [2.45, 2.75) is 77.9 Å². The second kappa shape index (κ2) is 11.0. The molecular formula is C24H34F2N4O2. The van der Waals surface area contributed by atoms with Crippen LogP contribution in [0.15, 0.2) is 22.7 Å². The summed E-state index contributed by atoms with van der Waals surface area (Å²) < 4.78 is 33.4. The van der Waals surface area contributed by atoms with E-state index in [-0.39, 0.29) is 24.0 Å². The standard InChI is InChI=1S/C24H34F2N4O2/c1-5-6-21(29-18-8-7-16-9-17(25)10-20(26)19(16)11-18)23(31)30-24-28-13-22(32-24)15(4)27-12-14(2)3/h9-10,13-15,18,21,27,29H,5-8,11-12H2,1-4H3,(H,28,30,31)/t15?,18?,21-/m0/s1.